The van der Waals surface area contributed by atoms with Crippen LogP contribution in [-0.4, -0.2) is 23.9 Å². The number of benzene rings is 2. The summed E-state index contributed by atoms with van der Waals surface area (Å²) in [4.78, 5) is 13.2. The van der Waals surface area contributed by atoms with Crippen molar-refractivity contribution < 1.29 is 14.3 Å². The molecule has 0 N–H and O–H groups in total. The van der Waals surface area contributed by atoms with Crippen LogP contribution in [0.4, 0.5) is 0 Å². The molecule has 1 aliphatic rings. The molecule has 0 saturated heterocycles. The van der Waals surface area contributed by atoms with Crippen LogP contribution in [-0.2, 0) is 9.53 Å². The van der Waals surface area contributed by atoms with Crippen LogP contribution >= 0.6 is 11.8 Å². The molecule has 0 radical (unpaired) electrons. The predicted octanol–water partition coefficient (Wildman–Crippen LogP) is 6.42. The number of hydrogen-bond acceptors (Lipinski definition) is 4. The first-order chi connectivity index (χ1) is 13.6. The van der Waals surface area contributed by atoms with Crippen LogP contribution in [0, 0.1) is 6.92 Å². The summed E-state index contributed by atoms with van der Waals surface area (Å²) < 4.78 is 11.7. The molecule has 28 heavy (non-hydrogen) atoms. The zero-order valence-corrected chi connectivity index (χ0v) is 17.9. The highest BCUT2D eigenvalue weighted by Gasteiger charge is 2.22. The van der Waals surface area contributed by atoms with Crippen molar-refractivity contribution in [3.8, 4) is 16.9 Å². The van der Waals surface area contributed by atoms with E-state index in [-0.39, 0.29) is 17.3 Å². The largest absolute Gasteiger partial charge is 0.490 e. The molecule has 0 spiro atoms. The molecule has 2 aromatic rings. The first kappa shape index (κ1) is 20.8. The van der Waals surface area contributed by atoms with E-state index in [9.17, 15) is 4.79 Å². The van der Waals surface area contributed by atoms with Gasteiger partial charge in [0.15, 0.2) is 0 Å². The zero-order valence-electron chi connectivity index (χ0n) is 17.1. The Balaban J connectivity index is 1.89. The fourth-order valence-corrected chi connectivity index (χ4v) is 4.59. The average molecular weight is 399 g/mol. The molecule has 1 aliphatic carbocycles. The molecule has 0 heterocycles. The Labute approximate surface area is 172 Å². The van der Waals surface area contributed by atoms with E-state index in [0.29, 0.717) is 6.61 Å². The maximum atomic E-state index is 12.2. The van der Waals surface area contributed by atoms with E-state index in [1.165, 1.54) is 24.0 Å². The summed E-state index contributed by atoms with van der Waals surface area (Å²) in [6.45, 7) is 6.39. The Morgan fingerprint density at radius 2 is 1.93 bits per heavy atom. The van der Waals surface area contributed by atoms with Gasteiger partial charge in [-0.3, -0.25) is 4.79 Å². The van der Waals surface area contributed by atoms with Crippen molar-refractivity contribution in [2.45, 2.75) is 69.1 Å². The fourth-order valence-electron chi connectivity index (χ4n) is 3.61. The number of carbonyl (C=O) groups is 1. The lowest BCUT2D eigenvalue weighted by Crippen LogP contribution is -2.19. The van der Waals surface area contributed by atoms with Crippen LogP contribution in [0.1, 0.15) is 51.5 Å². The molecule has 1 unspecified atom stereocenters. The van der Waals surface area contributed by atoms with Crippen LogP contribution in [0.2, 0.25) is 0 Å². The van der Waals surface area contributed by atoms with Crippen molar-refractivity contribution in [1.82, 2.24) is 0 Å². The van der Waals surface area contributed by atoms with Gasteiger partial charge in [0.25, 0.3) is 0 Å². The van der Waals surface area contributed by atoms with Crippen molar-refractivity contribution in [2.24, 2.45) is 0 Å². The van der Waals surface area contributed by atoms with Gasteiger partial charge >= 0.3 is 5.97 Å². The molecule has 1 saturated carbocycles. The summed E-state index contributed by atoms with van der Waals surface area (Å²) in [6.07, 6.45) is 5.73. The minimum Gasteiger partial charge on any atom is -0.490 e. The molecule has 0 bridgehead atoms. The molecule has 0 aliphatic heterocycles. The SMILES string of the molecule is CCOC(=O)C(CC)Sc1ccc(-c2cccc(C)c2)c(OC2CCCC2)c1. The Hall–Kier alpha value is -1.94. The summed E-state index contributed by atoms with van der Waals surface area (Å²) in [5.41, 5.74) is 3.52. The summed E-state index contributed by atoms with van der Waals surface area (Å²) in [5.74, 6) is 0.775. The van der Waals surface area contributed by atoms with Gasteiger partial charge in [-0.05, 0) is 69.7 Å². The van der Waals surface area contributed by atoms with Gasteiger partial charge in [-0.15, -0.1) is 11.8 Å². The maximum Gasteiger partial charge on any atom is 0.319 e. The zero-order chi connectivity index (χ0) is 19.9. The molecule has 1 atom stereocenters. The van der Waals surface area contributed by atoms with E-state index >= 15 is 0 Å². The summed E-state index contributed by atoms with van der Waals surface area (Å²) in [6, 6.07) is 14.8. The molecule has 4 heteroatoms. The lowest BCUT2D eigenvalue weighted by molar-refractivity contribution is -0.142. The van der Waals surface area contributed by atoms with Crippen molar-refractivity contribution in [3.05, 3.63) is 48.0 Å². The van der Waals surface area contributed by atoms with Gasteiger partial charge in [0.1, 0.15) is 11.0 Å². The van der Waals surface area contributed by atoms with Crippen LogP contribution in [0.3, 0.4) is 0 Å². The van der Waals surface area contributed by atoms with Crippen molar-refractivity contribution in [1.29, 1.82) is 0 Å². The van der Waals surface area contributed by atoms with Crippen molar-refractivity contribution in [2.75, 3.05) is 6.61 Å². The van der Waals surface area contributed by atoms with Crippen LogP contribution in [0.5, 0.6) is 5.75 Å². The van der Waals surface area contributed by atoms with Gasteiger partial charge in [0.05, 0.1) is 12.7 Å². The number of aryl methyl sites for hydroxylation is 1. The van der Waals surface area contributed by atoms with E-state index in [1.807, 2.05) is 13.8 Å². The molecule has 3 rings (SSSR count). The van der Waals surface area contributed by atoms with E-state index in [2.05, 4.69) is 49.4 Å². The Morgan fingerprint density at radius 3 is 2.61 bits per heavy atom. The molecule has 2 aromatic carbocycles. The van der Waals surface area contributed by atoms with Gasteiger partial charge in [-0.25, -0.2) is 0 Å². The average Bonchev–Trinajstić information content (AvgIpc) is 3.19. The number of rotatable bonds is 8. The lowest BCUT2D eigenvalue weighted by Gasteiger charge is -2.19. The van der Waals surface area contributed by atoms with Crippen molar-refractivity contribution >= 4 is 17.7 Å². The molecular weight excluding hydrogens is 368 g/mol. The Morgan fingerprint density at radius 1 is 1.14 bits per heavy atom. The second kappa shape index (κ2) is 10.0. The topological polar surface area (TPSA) is 35.5 Å². The first-order valence-corrected chi connectivity index (χ1v) is 11.2. The Kier molecular flexibility index (Phi) is 7.43. The normalized spacial score (nSPS) is 15.4. The summed E-state index contributed by atoms with van der Waals surface area (Å²) >= 11 is 1.56. The standard InChI is InChI=1S/C24H30O3S/c1-4-23(24(25)26-5-2)28-20-13-14-21(18-10-8-9-17(3)15-18)22(16-20)27-19-11-6-7-12-19/h8-10,13-16,19,23H,4-7,11-12H2,1-3H3. The number of thioether (sulfide) groups is 1. The van der Waals surface area contributed by atoms with Gasteiger partial charge in [-0.1, -0.05) is 36.8 Å². The number of esters is 1. The van der Waals surface area contributed by atoms with E-state index in [4.69, 9.17) is 9.47 Å². The monoisotopic (exact) mass is 398 g/mol. The third-order valence-electron chi connectivity index (χ3n) is 5.08. The van der Waals surface area contributed by atoms with Gasteiger partial charge in [-0.2, -0.15) is 0 Å². The molecule has 150 valence electrons. The van der Waals surface area contributed by atoms with Crippen molar-refractivity contribution in [3.63, 3.8) is 0 Å². The highest BCUT2D eigenvalue weighted by atomic mass is 32.2. The second-order valence-electron chi connectivity index (χ2n) is 7.32. The number of carbonyl (C=O) groups excluding carboxylic acids is 1. The molecule has 0 amide bonds. The minimum absolute atomic E-state index is 0.143. The highest BCUT2D eigenvalue weighted by molar-refractivity contribution is 8.00. The van der Waals surface area contributed by atoms with E-state index < -0.39 is 0 Å². The predicted molar refractivity (Wildman–Crippen MR) is 116 cm³/mol. The minimum atomic E-state index is -0.191. The van der Waals surface area contributed by atoms with Gasteiger partial charge in [0, 0.05) is 10.5 Å². The number of ether oxygens (including phenoxy) is 2. The summed E-state index contributed by atoms with van der Waals surface area (Å²) in [5, 5.41) is -0.191. The van der Waals surface area contributed by atoms with Gasteiger partial charge in [0.2, 0.25) is 0 Å². The van der Waals surface area contributed by atoms with Crippen LogP contribution < -0.4 is 4.74 Å². The Bertz CT molecular complexity index is 796. The first-order valence-electron chi connectivity index (χ1n) is 10.3. The third-order valence-corrected chi connectivity index (χ3v) is 6.41. The smallest absolute Gasteiger partial charge is 0.319 e. The molecular formula is C24H30O3S. The van der Waals surface area contributed by atoms with Gasteiger partial charge < -0.3 is 9.47 Å². The highest BCUT2D eigenvalue weighted by Crippen LogP contribution is 2.38. The van der Waals surface area contributed by atoms with Crippen LogP contribution in [0.15, 0.2) is 47.4 Å². The second-order valence-corrected chi connectivity index (χ2v) is 8.59. The molecule has 3 nitrogen and oxygen atoms in total. The van der Waals surface area contributed by atoms with Crippen LogP contribution in [0.25, 0.3) is 11.1 Å². The van der Waals surface area contributed by atoms with E-state index in [1.54, 1.807) is 11.8 Å². The molecule has 1 fully saturated rings. The quantitative estimate of drug-likeness (QED) is 0.380. The third kappa shape index (κ3) is 5.32. The maximum absolute atomic E-state index is 12.2. The van der Waals surface area contributed by atoms with E-state index in [0.717, 1.165) is 35.5 Å². The fraction of sp³-hybridized carbons (Fsp3) is 0.458. The summed E-state index contributed by atoms with van der Waals surface area (Å²) in [7, 11) is 0. The molecule has 0 aromatic heterocycles. The number of hydrogen-bond donors (Lipinski definition) is 0. The lowest BCUT2D eigenvalue weighted by atomic mass is 10.0.